The largest absolute Gasteiger partial charge is 0.244 e. The van der Waals surface area contributed by atoms with Gasteiger partial charge in [-0.15, -0.1) is 0 Å². The lowest BCUT2D eigenvalue weighted by Crippen LogP contribution is -1.82. The van der Waals surface area contributed by atoms with E-state index in [1.807, 2.05) is 18.5 Å². The van der Waals surface area contributed by atoms with Crippen LogP contribution in [0.4, 0.5) is 0 Å². The quantitative estimate of drug-likeness (QED) is 0.752. The maximum Gasteiger partial charge on any atom is 0.115 e. The highest BCUT2D eigenvalue weighted by Gasteiger charge is 1.96. The first-order valence-electron chi connectivity index (χ1n) is 3.87. The average Bonchev–Trinajstić information content (AvgIpc) is 2.19. The zero-order chi connectivity index (χ0) is 9.10. The Balaban J connectivity index is 2.48. The van der Waals surface area contributed by atoms with Crippen LogP contribution in [0, 0.1) is 3.57 Å². The molecular weight excluding hydrogens is 275 g/mol. The Morgan fingerprint density at radius 1 is 1.00 bits per heavy atom. The van der Waals surface area contributed by atoms with Gasteiger partial charge >= 0.3 is 0 Å². The van der Waals surface area contributed by atoms with Gasteiger partial charge in [0.05, 0.1) is 0 Å². The van der Waals surface area contributed by atoms with Crippen LogP contribution in [-0.2, 0) is 0 Å². The molecule has 0 saturated heterocycles. The molecule has 0 bridgehead atoms. The van der Waals surface area contributed by atoms with E-state index < -0.39 is 0 Å². The van der Waals surface area contributed by atoms with Crippen molar-refractivity contribution in [1.82, 2.24) is 9.97 Å². The van der Waals surface area contributed by atoms with Crippen LogP contribution >= 0.6 is 22.6 Å². The van der Waals surface area contributed by atoms with Crippen molar-refractivity contribution in [2.24, 2.45) is 0 Å². The van der Waals surface area contributed by atoms with Crippen molar-refractivity contribution in [1.29, 1.82) is 0 Å². The molecule has 0 saturated carbocycles. The van der Waals surface area contributed by atoms with Crippen LogP contribution in [0.25, 0.3) is 11.1 Å². The van der Waals surface area contributed by atoms with Crippen LogP contribution in [0.3, 0.4) is 0 Å². The van der Waals surface area contributed by atoms with Crippen LogP contribution in [0.5, 0.6) is 0 Å². The second kappa shape index (κ2) is 3.83. The third-order valence-corrected chi connectivity index (χ3v) is 2.39. The zero-order valence-electron chi connectivity index (χ0n) is 6.81. The standard InChI is InChI=1S/C10H7IN2/c11-10-3-1-2-8(4-10)9-5-12-7-13-6-9/h1-7H. The van der Waals surface area contributed by atoms with Gasteiger partial charge in [0.2, 0.25) is 0 Å². The molecule has 0 atom stereocenters. The van der Waals surface area contributed by atoms with E-state index in [4.69, 9.17) is 0 Å². The lowest BCUT2D eigenvalue weighted by Gasteiger charge is -1.99. The summed E-state index contributed by atoms with van der Waals surface area (Å²) in [4.78, 5) is 7.95. The van der Waals surface area contributed by atoms with Gasteiger partial charge in [-0.05, 0) is 40.3 Å². The Bertz CT molecular complexity index is 401. The third-order valence-electron chi connectivity index (χ3n) is 1.72. The van der Waals surface area contributed by atoms with Gasteiger partial charge in [-0.2, -0.15) is 0 Å². The first kappa shape index (κ1) is 8.62. The Morgan fingerprint density at radius 2 is 1.77 bits per heavy atom. The second-order valence-electron chi connectivity index (χ2n) is 2.64. The lowest BCUT2D eigenvalue weighted by molar-refractivity contribution is 1.17. The van der Waals surface area contributed by atoms with Crippen molar-refractivity contribution < 1.29 is 0 Å². The molecule has 0 aliphatic heterocycles. The number of hydrogen-bond donors (Lipinski definition) is 0. The van der Waals surface area contributed by atoms with Crippen LogP contribution < -0.4 is 0 Å². The summed E-state index contributed by atoms with van der Waals surface area (Å²) in [5.41, 5.74) is 2.22. The monoisotopic (exact) mass is 282 g/mol. The summed E-state index contributed by atoms with van der Waals surface area (Å²) in [5.74, 6) is 0. The molecule has 13 heavy (non-hydrogen) atoms. The van der Waals surface area contributed by atoms with E-state index in [-0.39, 0.29) is 0 Å². The minimum atomic E-state index is 1.06. The maximum atomic E-state index is 3.98. The number of rotatable bonds is 1. The van der Waals surface area contributed by atoms with Crippen molar-refractivity contribution in [3.05, 3.63) is 46.6 Å². The van der Waals surface area contributed by atoms with E-state index in [1.165, 1.54) is 9.90 Å². The minimum Gasteiger partial charge on any atom is -0.244 e. The summed E-state index contributed by atoms with van der Waals surface area (Å²) in [5, 5.41) is 0. The van der Waals surface area contributed by atoms with Crippen LogP contribution in [0.15, 0.2) is 43.0 Å². The summed E-state index contributed by atoms with van der Waals surface area (Å²) < 4.78 is 1.22. The van der Waals surface area contributed by atoms with E-state index in [1.54, 1.807) is 0 Å². The number of hydrogen-bond acceptors (Lipinski definition) is 2. The molecule has 0 fully saturated rings. The molecule has 1 aromatic carbocycles. The van der Waals surface area contributed by atoms with Crippen molar-refractivity contribution in [2.45, 2.75) is 0 Å². The molecule has 0 aliphatic carbocycles. The van der Waals surface area contributed by atoms with E-state index >= 15 is 0 Å². The fourth-order valence-electron chi connectivity index (χ4n) is 1.12. The SMILES string of the molecule is Ic1cccc(-c2cncnc2)c1. The molecule has 0 amide bonds. The smallest absolute Gasteiger partial charge is 0.115 e. The highest BCUT2D eigenvalue weighted by molar-refractivity contribution is 14.1. The molecule has 0 N–H and O–H groups in total. The molecule has 1 heterocycles. The first-order valence-corrected chi connectivity index (χ1v) is 4.95. The molecule has 1 aromatic heterocycles. The van der Waals surface area contributed by atoms with Crippen LogP contribution in [-0.4, -0.2) is 9.97 Å². The van der Waals surface area contributed by atoms with Crippen molar-refractivity contribution in [3.63, 3.8) is 0 Å². The number of halogens is 1. The number of nitrogens with zero attached hydrogens (tertiary/aromatic N) is 2. The Morgan fingerprint density at radius 3 is 2.46 bits per heavy atom. The highest BCUT2D eigenvalue weighted by Crippen LogP contribution is 2.18. The van der Waals surface area contributed by atoms with Gasteiger partial charge < -0.3 is 0 Å². The van der Waals surface area contributed by atoms with Crippen LogP contribution in [0.1, 0.15) is 0 Å². The third kappa shape index (κ3) is 2.03. The Labute approximate surface area is 90.2 Å². The summed E-state index contributed by atoms with van der Waals surface area (Å²) in [6.07, 6.45) is 5.17. The summed E-state index contributed by atoms with van der Waals surface area (Å²) in [7, 11) is 0. The van der Waals surface area contributed by atoms with Gasteiger partial charge in [0.15, 0.2) is 0 Å². The molecule has 2 nitrogen and oxygen atoms in total. The summed E-state index contributed by atoms with van der Waals surface area (Å²) in [6.45, 7) is 0. The first-order chi connectivity index (χ1) is 6.36. The van der Waals surface area contributed by atoms with E-state index in [0.717, 1.165) is 11.1 Å². The van der Waals surface area contributed by atoms with Gasteiger partial charge in [-0.25, -0.2) is 9.97 Å². The lowest BCUT2D eigenvalue weighted by atomic mass is 10.1. The molecule has 2 rings (SSSR count). The van der Waals surface area contributed by atoms with Crippen molar-refractivity contribution in [3.8, 4) is 11.1 Å². The van der Waals surface area contributed by atoms with Gasteiger partial charge in [-0.1, -0.05) is 12.1 Å². The summed E-state index contributed by atoms with van der Waals surface area (Å²) >= 11 is 2.29. The molecule has 3 heteroatoms. The molecule has 0 unspecified atom stereocenters. The van der Waals surface area contributed by atoms with Crippen LogP contribution in [0.2, 0.25) is 0 Å². The summed E-state index contributed by atoms with van der Waals surface area (Å²) in [6, 6.07) is 8.26. The zero-order valence-corrected chi connectivity index (χ0v) is 8.97. The average molecular weight is 282 g/mol. The minimum absolute atomic E-state index is 1.06. The molecule has 64 valence electrons. The Kier molecular flexibility index (Phi) is 2.54. The van der Waals surface area contributed by atoms with Gasteiger partial charge in [0.25, 0.3) is 0 Å². The topological polar surface area (TPSA) is 25.8 Å². The van der Waals surface area contributed by atoms with E-state index in [2.05, 4.69) is 50.8 Å². The van der Waals surface area contributed by atoms with E-state index in [0.29, 0.717) is 0 Å². The van der Waals surface area contributed by atoms with Gasteiger partial charge in [0, 0.05) is 21.5 Å². The fourth-order valence-corrected chi connectivity index (χ4v) is 1.66. The predicted molar refractivity (Wildman–Crippen MR) is 60.2 cm³/mol. The second-order valence-corrected chi connectivity index (χ2v) is 3.88. The number of benzene rings is 1. The van der Waals surface area contributed by atoms with Gasteiger partial charge in [-0.3, -0.25) is 0 Å². The number of aromatic nitrogens is 2. The van der Waals surface area contributed by atoms with Crippen molar-refractivity contribution >= 4 is 22.6 Å². The Hall–Kier alpha value is -0.970. The normalized spacial score (nSPS) is 9.92. The maximum absolute atomic E-state index is 3.98. The van der Waals surface area contributed by atoms with Gasteiger partial charge in [0.1, 0.15) is 6.33 Å². The van der Waals surface area contributed by atoms with E-state index in [9.17, 15) is 0 Å². The highest BCUT2D eigenvalue weighted by atomic mass is 127. The predicted octanol–water partition coefficient (Wildman–Crippen LogP) is 2.75. The fraction of sp³-hybridized carbons (Fsp3) is 0. The molecule has 0 spiro atoms. The molecular formula is C10H7IN2. The molecule has 0 aliphatic rings. The molecule has 0 radical (unpaired) electrons. The molecule has 2 aromatic rings. The van der Waals surface area contributed by atoms with Crippen molar-refractivity contribution in [2.75, 3.05) is 0 Å².